The van der Waals surface area contributed by atoms with Crippen LogP contribution in [0.4, 0.5) is 0 Å². The molecule has 0 aromatic heterocycles. The molecule has 0 amide bonds. The molecule has 0 aliphatic rings. The topological polar surface area (TPSA) is 0 Å². The quantitative estimate of drug-likeness (QED) is 0.405. The van der Waals surface area contributed by atoms with Gasteiger partial charge in [-0.3, -0.25) is 0 Å². The van der Waals surface area contributed by atoms with Crippen LogP contribution in [0.3, 0.4) is 0 Å². The van der Waals surface area contributed by atoms with Crippen LogP contribution in [0.1, 0.15) is 65.2 Å². The maximum absolute atomic E-state index is 2.27. The van der Waals surface area contributed by atoms with E-state index in [1.807, 2.05) is 0 Å². The first-order valence-corrected chi connectivity index (χ1v) is 4.91. The summed E-state index contributed by atoms with van der Waals surface area (Å²) >= 11 is 0. The molecule has 0 nitrogen and oxygen atoms in total. The SMILES string of the molecule is CCCCCCCCCC.Cl.Cl.Cl.Cl.[Ti]. The smallest absolute Gasteiger partial charge is 0 e. The average Bonchev–Trinajstić information content (AvgIpc) is 1.97. The largest absolute Gasteiger partial charge is 0.147 e. The fourth-order valence-electron chi connectivity index (χ4n) is 1.21. The van der Waals surface area contributed by atoms with Gasteiger partial charge in [-0.2, -0.15) is 0 Å². The van der Waals surface area contributed by atoms with E-state index in [0.717, 1.165) is 0 Å². The Labute approximate surface area is 136 Å². The van der Waals surface area contributed by atoms with Crippen molar-refractivity contribution in [3.05, 3.63) is 0 Å². The van der Waals surface area contributed by atoms with Gasteiger partial charge in [-0.15, -0.1) is 49.6 Å². The number of hydrogen-bond acceptors (Lipinski definition) is 0. The van der Waals surface area contributed by atoms with E-state index in [2.05, 4.69) is 13.8 Å². The Morgan fingerprint density at radius 3 is 0.867 bits per heavy atom. The van der Waals surface area contributed by atoms with Gasteiger partial charge in [0.05, 0.1) is 0 Å². The van der Waals surface area contributed by atoms with Gasteiger partial charge in [-0.05, 0) is 0 Å². The van der Waals surface area contributed by atoms with Crippen LogP contribution in [0.5, 0.6) is 0 Å². The van der Waals surface area contributed by atoms with Crippen LogP contribution in [-0.2, 0) is 21.7 Å². The Morgan fingerprint density at radius 2 is 0.667 bits per heavy atom. The van der Waals surface area contributed by atoms with E-state index >= 15 is 0 Å². The molecule has 0 aliphatic heterocycles. The number of halogens is 4. The number of unbranched alkanes of at least 4 members (excludes halogenated alkanes) is 7. The minimum atomic E-state index is 0. The molecule has 0 fully saturated rings. The van der Waals surface area contributed by atoms with Crippen molar-refractivity contribution in [3.63, 3.8) is 0 Å². The average molecular weight is 336 g/mol. The van der Waals surface area contributed by atoms with Crippen molar-refractivity contribution in [1.82, 2.24) is 0 Å². The summed E-state index contributed by atoms with van der Waals surface area (Å²) in [6.45, 7) is 4.54. The molecule has 0 spiro atoms. The number of hydrogen-bond donors (Lipinski definition) is 0. The molecule has 0 aromatic rings. The first-order valence-electron chi connectivity index (χ1n) is 4.91. The maximum atomic E-state index is 2.27. The van der Waals surface area contributed by atoms with Gasteiger partial charge in [-0.25, -0.2) is 0 Å². The van der Waals surface area contributed by atoms with E-state index in [0.29, 0.717) is 0 Å². The van der Waals surface area contributed by atoms with Crippen molar-refractivity contribution in [1.29, 1.82) is 0 Å². The molecule has 0 heterocycles. The molecular weight excluding hydrogens is 310 g/mol. The van der Waals surface area contributed by atoms with E-state index < -0.39 is 0 Å². The zero-order chi connectivity index (χ0) is 7.66. The van der Waals surface area contributed by atoms with Crippen LogP contribution in [0.25, 0.3) is 0 Å². The van der Waals surface area contributed by atoms with E-state index in [-0.39, 0.29) is 71.3 Å². The van der Waals surface area contributed by atoms with Gasteiger partial charge in [0.15, 0.2) is 0 Å². The molecule has 0 N–H and O–H groups in total. The first-order chi connectivity index (χ1) is 4.91. The molecular formula is C10H26Cl4Ti. The fraction of sp³-hybridized carbons (Fsp3) is 1.00. The van der Waals surface area contributed by atoms with E-state index in [9.17, 15) is 0 Å². The molecule has 5 heteroatoms. The molecule has 0 saturated heterocycles. The molecule has 98 valence electrons. The van der Waals surface area contributed by atoms with Crippen molar-refractivity contribution in [2.75, 3.05) is 0 Å². The second kappa shape index (κ2) is 36.0. The Hall–Kier alpha value is 1.87. The summed E-state index contributed by atoms with van der Waals surface area (Å²) in [6, 6.07) is 0. The zero-order valence-electron chi connectivity index (χ0n) is 9.79. The van der Waals surface area contributed by atoms with Crippen molar-refractivity contribution < 1.29 is 21.7 Å². The number of rotatable bonds is 7. The second-order valence-electron chi connectivity index (χ2n) is 3.12. The predicted molar refractivity (Wildman–Crippen MR) is 77.3 cm³/mol. The fourth-order valence-corrected chi connectivity index (χ4v) is 1.21. The minimum Gasteiger partial charge on any atom is -0.147 e. The predicted octanol–water partition coefficient (Wildman–Crippen LogP) is 5.83. The Balaban J connectivity index is -0.0000000405. The molecule has 15 heavy (non-hydrogen) atoms. The summed E-state index contributed by atoms with van der Waals surface area (Å²) in [5, 5.41) is 0. The van der Waals surface area contributed by atoms with E-state index in [4.69, 9.17) is 0 Å². The van der Waals surface area contributed by atoms with Crippen LogP contribution in [-0.4, -0.2) is 0 Å². The third kappa shape index (κ3) is 38.8. The van der Waals surface area contributed by atoms with Gasteiger partial charge in [0.1, 0.15) is 0 Å². The molecule has 0 aliphatic carbocycles. The van der Waals surface area contributed by atoms with Crippen molar-refractivity contribution in [2.45, 2.75) is 65.2 Å². The molecule has 0 saturated carbocycles. The van der Waals surface area contributed by atoms with Crippen LogP contribution < -0.4 is 0 Å². The van der Waals surface area contributed by atoms with Crippen molar-refractivity contribution >= 4 is 49.6 Å². The molecule has 0 aromatic carbocycles. The standard InChI is InChI=1S/C10H22.4ClH.Ti/c1-3-5-7-9-10-8-6-4-2;;;;;/h3-10H2,1-2H3;4*1H;. The molecule has 0 bridgehead atoms. The van der Waals surface area contributed by atoms with Crippen LogP contribution in [0.15, 0.2) is 0 Å². The summed E-state index contributed by atoms with van der Waals surface area (Å²) in [7, 11) is 0. The van der Waals surface area contributed by atoms with Gasteiger partial charge in [0, 0.05) is 21.7 Å². The van der Waals surface area contributed by atoms with Gasteiger partial charge in [-0.1, -0.05) is 65.2 Å². The Kier molecular flexibility index (Phi) is 86.4. The normalized spacial score (nSPS) is 6.80. The van der Waals surface area contributed by atoms with Crippen LogP contribution in [0, 0.1) is 0 Å². The summed E-state index contributed by atoms with van der Waals surface area (Å²) in [4.78, 5) is 0. The maximum Gasteiger partial charge on any atom is 0 e. The third-order valence-electron chi connectivity index (χ3n) is 1.96. The van der Waals surface area contributed by atoms with Gasteiger partial charge in [0.25, 0.3) is 0 Å². The van der Waals surface area contributed by atoms with Gasteiger partial charge < -0.3 is 0 Å². The van der Waals surface area contributed by atoms with Gasteiger partial charge >= 0.3 is 0 Å². The van der Waals surface area contributed by atoms with Crippen LogP contribution in [0.2, 0.25) is 0 Å². The van der Waals surface area contributed by atoms with Crippen LogP contribution >= 0.6 is 49.6 Å². The second-order valence-corrected chi connectivity index (χ2v) is 3.12. The monoisotopic (exact) mass is 334 g/mol. The summed E-state index contributed by atoms with van der Waals surface area (Å²) in [5.41, 5.74) is 0. The van der Waals surface area contributed by atoms with Gasteiger partial charge in [0.2, 0.25) is 0 Å². The Bertz CT molecular complexity index is 57.4. The molecule has 0 radical (unpaired) electrons. The summed E-state index contributed by atoms with van der Waals surface area (Å²) in [5.74, 6) is 0. The first kappa shape index (κ1) is 36.0. The molecule has 0 rings (SSSR count). The summed E-state index contributed by atoms with van der Waals surface area (Å²) in [6.07, 6.45) is 11.5. The third-order valence-corrected chi connectivity index (χ3v) is 1.96. The van der Waals surface area contributed by atoms with E-state index in [1.54, 1.807) is 0 Å². The molecule has 0 unspecified atom stereocenters. The zero-order valence-corrected chi connectivity index (χ0v) is 14.6. The van der Waals surface area contributed by atoms with Crippen molar-refractivity contribution in [3.8, 4) is 0 Å². The Morgan fingerprint density at radius 1 is 0.467 bits per heavy atom. The van der Waals surface area contributed by atoms with Crippen molar-refractivity contribution in [2.24, 2.45) is 0 Å². The van der Waals surface area contributed by atoms with E-state index in [1.165, 1.54) is 51.4 Å². The minimum absolute atomic E-state index is 0. The molecule has 0 atom stereocenters. The summed E-state index contributed by atoms with van der Waals surface area (Å²) < 4.78 is 0.